The predicted molar refractivity (Wildman–Crippen MR) is 132 cm³/mol. The third kappa shape index (κ3) is 6.20. The van der Waals surface area contributed by atoms with E-state index in [1.807, 2.05) is 0 Å². The Morgan fingerprint density at radius 3 is 2.51 bits per heavy atom. The molecule has 4 rings (SSSR count). The third-order valence-corrected chi connectivity index (χ3v) is 9.02. The first-order chi connectivity index (χ1) is 17.5. The maximum atomic E-state index is 13.0. The van der Waals surface area contributed by atoms with Crippen LogP contribution >= 0.6 is 0 Å². The van der Waals surface area contributed by atoms with Gasteiger partial charge in [0, 0.05) is 25.5 Å². The van der Waals surface area contributed by atoms with Crippen molar-refractivity contribution < 1.29 is 26.4 Å². The zero-order chi connectivity index (χ0) is 26.8. The van der Waals surface area contributed by atoms with E-state index in [4.69, 9.17) is 0 Å². The van der Waals surface area contributed by atoms with E-state index in [0.29, 0.717) is 37.2 Å². The van der Waals surface area contributed by atoms with Crippen LogP contribution in [0, 0.1) is 11.8 Å². The highest BCUT2D eigenvalue weighted by Gasteiger charge is 2.42. The van der Waals surface area contributed by atoms with E-state index in [2.05, 4.69) is 26.8 Å². The van der Waals surface area contributed by atoms with Crippen molar-refractivity contribution in [2.75, 3.05) is 12.3 Å². The van der Waals surface area contributed by atoms with Gasteiger partial charge in [-0.1, -0.05) is 13.0 Å². The summed E-state index contributed by atoms with van der Waals surface area (Å²) in [6, 6.07) is 4.69. The fraction of sp³-hybridized carbons (Fsp3) is 0.500. The molecule has 2 aliphatic rings. The molecule has 0 saturated heterocycles. The van der Waals surface area contributed by atoms with E-state index in [1.54, 1.807) is 25.1 Å². The highest BCUT2D eigenvalue weighted by atomic mass is 32.2. The molecule has 7 nitrogen and oxygen atoms in total. The lowest BCUT2D eigenvalue weighted by atomic mass is 9.81. The number of amides is 1. The van der Waals surface area contributed by atoms with Crippen molar-refractivity contribution in [3.8, 4) is 0 Å². The van der Waals surface area contributed by atoms with E-state index >= 15 is 0 Å². The van der Waals surface area contributed by atoms with Crippen LogP contribution in [0.5, 0.6) is 0 Å². The molecule has 0 spiro atoms. The van der Waals surface area contributed by atoms with Crippen LogP contribution < -0.4 is 5.32 Å². The standard InChI is InChI=1S/C26H31F3N4O3S/c1-3-23-24-19(16-33(23)15-17-5-7-20(8-6-17)26(27,28)29)11-18(12-31-24)25(34)32-13-21-9-10-22(14-30-21)37(35,36)4-2/h3,9-12,14,17,20,23H,1,4-8,13,15-16H2,2H3,(H,32,34)/t17?,20?,23-/m0/s1. The molecule has 1 N–H and O–H groups in total. The van der Waals surface area contributed by atoms with Gasteiger partial charge in [-0.2, -0.15) is 13.2 Å². The van der Waals surface area contributed by atoms with Crippen LogP contribution in [-0.2, 0) is 22.9 Å². The molecule has 200 valence electrons. The Bertz CT molecular complexity index is 1240. The summed E-state index contributed by atoms with van der Waals surface area (Å²) >= 11 is 0. The van der Waals surface area contributed by atoms with Crippen LogP contribution in [0.3, 0.4) is 0 Å². The van der Waals surface area contributed by atoms with E-state index in [1.165, 1.54) is 18.5 Å². The SMILES string of the molecule is C=C[C@H]1c2ncc(C(=O)NCc3ccc(S(=O)(=O)CC)cn3)cc2CN1CC1CCC(C(F)(F)F)CC1. The lowest BCUT2D eigenvalue weighted by Crippen LogP contribution is -2.33. The van der Waals surface area contributed by atoms with Gasteiger partial charge >= 0.3 is 6.18 Å². The Labute approximate surface area is 215 Å². The number of rotatable bonds is 8. The largest absolute Gasteiger partial charge is 0.391 e. The van der Waals surface area contributed by atoms with Crippen molar-refractivity contribution in [2.24, 2.45) is 11.8 Å². The number of sulfone groups is 1. The van der Waals surface area contributed by atoms with Crippen LogP contribution in [-0.4, -0.2) is 47.7 Å². The molecule has 1 amide bonds. The maximum Gasteiger partial charge on any atom is 0.391 e. The zero-order valence-corrected chi connectivity index (χ0v) is 21.5. The smallest absolute Gasteiger partial charge is 0.346 e. The normalized spacial score (nSPS) is 22.4. The van der Waals surface area contributed by atoms with Gasteiger partial charge in [-0.3, -0.25) is 19.7 Å². The van der Waals surface area contributed by atoms with E-state index in [9.17, 15) is 26.4 Å². The van der Waals surface area contributed by atoms with Crippen molar-refractivity contribution in [3.63, 3.8) is 0 Å². The van der Waals surface area contributed by atoms with Crippen molar-refractivity contribution in [2.45, 2.75) is 62.8 Å². The summed E-state index contributed by atoms with van der Waals surface area (Å²) in [5, 5.41) is 2.78. The minimum absolute atomic E-state index is 0.0145. The van der Waals surface area contributed by atoms with Crippen LogP contribution in [0.2, 0.25) is 0 Å². The van der Waals surface area contributed by atoms with Crippen LogP contribution in [0.15, 0.2) is 48.1 Å². The molecule has 0 aromatic carbocycles. The van der Waals surface area contributed by atoms with Gasteiger partial charge < -0.3 is 5.32 Å². The summed E-state index contributed by atoms with van der Waals surface area (Å²) < 4.78 is 62.9. The topological polar surface area (TPSA) is 92.3 Å². The van der Waals surface area contributed by atoms with Crippen molar-refractivity contribution in [1.82, 2.24) is 20.2 Å². The van der Waals surface area contributed by atoms with E-state index in [0.717, 1.165) is 11.3 Å². The Balaban J connectivity index is 1.36. The monoisotopic (exact) mass is 536 g/mol. The Morgan fingerprint density at radius 1 is 1.19 bits per heavy atom. The lowest BCUT2D eigenvalue weighted by Gasteiger charge is -2.33. The summed E-state index contributed by atoms with van der Waals surface area (Å²) in [7, 11) is -3.34. The lowest BCUT2D eigenvalue weighted by molar-refractivity contribution is -0.184. The number of nitrogens with one attached hydrogen (secondary N) is 1. The Hall–Kier alpha value is -2.79. The first-order valence-corrected chi connectivity index (χ1v) is 14.0. The molecule has 0 bridgehead atoms. The minimum atomic E-state index is -4.12. The molecule has 1 atom stereocenters. The predicted octanol–water partition coefficient (Wildman–Crippen LogP) is 4.61. The van der Waals surface area contributed by atoms with Gasteiger partial charge in [0.2, 0.25) is 0 Å². The molecule has 2 aromatic rings. The molecule has 0 unspecified atom stereocenters. The average molecular weight is 537 g/mol. The minimum Gasteiger partial charge on any atom is -0.346 e. The number of hydrogen-bond donors (Lipinski definition) is 1. The van der Waals surface area contributed by atoms with Gasteiger partial charge in [0.1, 0.15) is 0 Å². The summed E-state index contributed by atoms with van der Waals surface area (Å²) in [5.41, 5.74) is 2.62. The van der Waals surface area contributed by atoms with Crippen LogP contribution in [0.4, 0.5) is 13.2 Å². The summed E-state index contributed by atoms with van der Waals surface area (Å²) in [6.07, 6.45) is 1.89. The second-order valence-corrected chi connectivity index (χ2v) is 12.0. The first kappa shape index (κ1) is 27.3. The quantitative estimate of drug-likeness (QED) is 0.496. The highest BCUT2D eigenvalue weighted by Crippen LogP contribution is 2.41. The number of carbonyl (C=O) groups is 1. The van der Waals surface area contributed by atoms with Gasteiger partial charge in [-0.25, -0.2) is 8.42 Å². The van der Waals surface area contributed by atoms with E-state index in [-0.39, 0.29) is 47.9 Å². The van der Waals surface area contributed by atoms with Crippen molar-refractivity contribution in [3.05, 3.63) is 65.8 Å². The zero-order valence-electron chi connectivity index (χ0n) is 20.7. The summed E-state index contributed by atoms with van der Waals surface area (Å²) in [5.74, 6) is -1.36. The first-order valence-electron chi connectivity index (χ1n) is 12.4. The number of fused-ring (bicyclic) bond motifs is 1. The fourth-order valence-corrected chi connectivity index (χ4v) is 5.93. The third-order valence-electron chi connectivity index (χ3n) is 7.30. The Morgan fingerprint density at radius 2 is 1.92 bits per heavy atom. The van der Waals surface area contributed by atoms with Crippen LogP contribution in [0.1, 0.15) is 66.0 Å². The number of aromatic nitrogens is 2. The van der Waals surface area contributed by atoms with E-state index < -0.39 is 21.9 Å². The van der Waals surface area contributed by atoms with Gasteiger partial charge in [0.05, 0.1) is 46.1 Å². The van der Waals surface area contributed by atoms with Gasteiger partial charge in [-0.05, 0) is 55.4 Å². The number of carbonyl (C=O) groups excluding carboxylic acids is 1. The highest BCUT2D eigenvalue weighted by molar-refractivity contribution is 7.91. The number of alkyl halides is 3. The number of nitrogens with zero attached hydrogens (tertiary/aromatic N) is 3. The molecule has 3 heterocycles. The summed E-state index contributed by atoms with van der Waals surface area (Å²) in [6.45, 7) is 6.83. The summed E-state index contributed by atoms with van der Waals surface area (Å²) in [4.78, 5) is 23.7. The van der Waals surface area contributed by atoms with Crippen molar-refractivity contribution >= 4 is 15.7 Å². The molecular weight excluding hydrogens is 505 g/mol. The molecule has 1 fully saturated rings. The molecule has 11 heteroatoms. The number of hydrogen-bond acceptors (Lipinski definition) is 6. The average Bonchev–Trinajstić information content (AvgIpc) is 3.23. The number of pyridine rings is 2. The maximum absolute atomic E-state index is 13.0. The molecular formula is C26H31F3N4O3S. The second kappa shape index (κ2) is 10.9. The molecule has 1 aliphatic carbocycles. The molecule has 37 heavy (non-hydrogen) atoms. The van der Waals surface area contributed by atoms with Crippen molar-refractivity contribution in [1.29, 1.82) is 0 Å². The van der Waals surface area contributed by atoms with Gasteiger partial charge in [0.25, 0.3) is 5.91 Å². The second-order valence-electron chi connectivity index (χ2n) is 9.71. The molecule has 2 aromatic heterocycles. The molecule has 0 radical (unpaired) electrons. The Kier molecular flexibility index (Phi) is 8.03. The molecule has 1 saturated carbocycles. The fourth-order valence-electron chi connectivity index (χ4n) is 5.11. The van der Waals surface area contributed by atoms with Crippen LogP contribution in [0.25, 0.3) is 0 Å². The number of halogens is 3. The van der Waals surface area contributed by atoms with Gasteiger partial charge in [0.15, 0.2) is 9.84 Å². The van der Waals surface area contributed by atoms with Gasteiger partial charge in [-0.15, -0.1) is 6.58 Å². The molecule has 1 aliphatic heterocycles.